The average Bonchev–Trinajstić information content (AvgIpc) is 3.05. The lowest BCUT2D eigenvalue weighted by molar-refractivity contribution is -0.144. The molecule has 1 aliphatic rings. The quantitative estimate of drug-likeness (QED) is 0.558. The lowest BCUT2D eigenvalue weighted by Crippen LogP contribution is -2.21. The monoisotopic (exact) mass is 368 g/mol. The zero-order valence-corrected chi connectivity index (χ0v) is 15.5. The smallest absolute Gasteiger partial charge is 0.395 e. The van der Waals surface area contributed by atoms with Crippen LogP contribution in [-0.2, 0) is 20.5 Å². The largest absolute Gasteiger partial charge is 0.463 e. The van der Waals surface area contributed by atoms with Gasteiger partial charge in [0.2, 0.25) is 0 Å². The average molecular weight is 368 g/mol. The fourth-order valence-corrected chi connectivity index (χ4v) is 2.36. The predicted molar refractivity (Wildman–Crippen MR) is 95.2 cm³/mol. The topological polar surface area (TPSA) is 79.3 Å². The van der Waals surface area contributed by atoms with Crippen molar-refractivity contribution in [3.63, 3.8) is 0 Å². The summed E-state index contributed by atoms with van der Waals surface area (Å²) < 4.78 is 20.0. The summed E-state index contributed by atoms with van der Waals surface area (Å²) in [6.45, 7) is 4.15. The Morgan fingerprint density at radius 3 is 2.64 bits per heavy atom. The van der Waals surface area contributed by atoms with E-state index >= 15 is 0 Å². The minimum absolute atomic E-state index is 0.0101. The van der Waals surface area contributed by atoms with Crippen LogP contribution in [0.4, 0.5) is 0 Å². The number of aliphatic hydroxyl groups is 1. The molecule has 0 atom stereocenters. The number of aliphatic hydroxyl groups excluding tert-OH is 1. The van der Waals surface area contributed by atoms with Crippen LogP contribution in [0.25, 0.3) is 0 Å². The van der Waals surface area contributed by atoms with Gasteiger partial charge in [-0.2, -0.15) is 0 Å². The van der Waals surface area contributed by atoms with Crippen LogP contribution >= 0.6 is 8.69 Å². The van der Waals surface area contributed by atoms with E-state index in [1.807, 2.05) is 6.07 Å². The summed E-state index contributed by atoms with van der Waals surface area (Å²) in [5.74, 6) is 0.104. The van der Waals surface area contributed by atoms with Crippen molar-refractivity contribution < 1.29 is 23.7 Å². The number of para-hydroxylation sites is 1. The molecule has 138 valence electrons. The molecule has 0 radical (unpaired) electrons. The Balaban J connectivity index is 0.000000324. The maximum Gasteiger partial charge on any atom is 0.395 e. The standard InChI is InChI=1S/C11H13O5P.C6H12N2/c12-7-8-15-11(13)6-5-9-3-1-2-4-10(9)16-17-14;1-3-8-5-4-7(2)6-8/h1-4,12H,5-8H2;4-5H,3,6H2,1-2H3. The van der Waals surface area contributed by atoms with Crippen molar-refractivity contribution in [1.82, 2.24) is 9.80 Å². The molecule has 0 aliphatic carbocycles. The zero-order valence-electron chi connectivity index (χ0n) is 14.6. The van der Waals surface area contributed by atoms with Crippen LogP contribution in [0.1, 0.15) is 18.9 Å². The van der Waals surface area contributed by atoms with Crippen LogP contribution in [0, 0.1) is 0 Å². The maximum atomic E-state index is 11.2. The Labute approximate surface area is 150 Å². The highest BCUT2D eigenvalue weighted by atomic mass is 31.1. The van der Waals surface area contributed by atoms with Gasteiger partial charge in [0.1, 0.15) is 12.4 Å². The van der Waals surface area contributed by atoms with Crippen molar-refractivity contribution in [3.05, 3.63) is 42.2 Å². The lowest BCUT2D eigenvalue weighted by Gasteiger charge is -2.14. The van der Waals surface area contributed by atoms with Crippen LogP contribution < -0.4 is 4.52 Å². The first-order valence-corrected chi connectivity index (χ1v) is 8.80. The van der Waals surface area contributed by atoms with E-state index in [-0.39, 0.29) is 25.6 Å². The Morgan fingerprint density at radius 2 is 2.08 bits per heavy atom. The molecule has 7 nitrogen and oxygen atoms in total. The molecule has 0 spiro atoms. The highest BCUT2D eigenvalue weighted by Crippen LogP contribution is 2.22. The molecule has 2 rings (SSSR count). The van der Waals surface area contributed by atoms with Crippen LogP contribution in [0.3, 0.4) is 0 Å². The van der Waals surface area contributed by atoms with E-state index < -0.39 is 8.69 Å². The van der Waals surface area contributed by atoms with E-state index in [1.54, 1.807) is 18.2 Å². The highest BCUT2D eigenvalue weighted by molar-refractivity contribution is 7.17. The molecular weight excluding hydrogens is 343 g/mol. The summed E-state index contributed by atoms with van der Waals surface area (Å²) in [4.78, 5) is 15.6. The minimum atomic E-state index is -0.425. The van der Waals surface area contributed by atoms with Crippen LogP contribution in [0.15, 0.2) is 36.7 Å². The van der Waals surface area contributed by atoms with Gasteiger partial charge in [0, 0.05) is 32.4 Å². The third-order valence-corrected chi connectivity index (χ3v) is 3.68. The van der Waals surface area contributed by atoms with Gasteiger partial charge in [-0.3, -0.25) is 4.79 Å². The van der Waals surface area contributed by atoms with E-state index in [0.717, 1.165) is 18.8 Å². The first kappa shape index (κ1) is 20.9. The summed E-state index contributed by atoms with van der Waals surface area (Å²) >= 11 is 0. The van der Waals surface area contributed by atoms with Gasteiger partial charge in [-0.05, 0) is 25.0 Å². The molecule has 1 aliphatic heterocycles. The summed E-state index contributed by atoms with van der Waals surface area (Å²) in [6, 6.07) is 7.04. The summed E-state index contributed by atoms with van der Waals surface area (Å²) in [7, 11) is 1.65. The number of esters is 1. The lowest BCUT2D eigenvalue weighted by atomic mass is 10.1. The van der Waals surface area contributed by atoms with E-state index in [0.29, 0.717) is 12.2 Å². The molecule has 0 fully saturated rings. The highest BCUT2D eigenvalue weighted by Gasteiger charge is 2.07. The molecule has 0 bridgehead atoms. The van der Waals surface area contributed by atoms with Crippen molar-refractivity contribution in [1.29, 1.82) is 0 Å². The maximum absolute atomic E-state index is 11.2. The van der Waals surface area contributed by atoms with E-state index in [2.05, 4.69) is 36.2 Å². The molecule has 0 unspecified atom stereocenters. The SMILES string of the molecule is CCN1C=CN(C)C1.O=POc1ccccc1CCC(=O)OCCO. The third-order valence-electron chi connectivity index (χ3n) is 3.40. The summed E-state index contributed by atoms with van der Waals surface area (Å²) in [6.07, 6.45) is 4.83. The fourth-order valence-electron chi connectivity index (χ4n) is 2.10. The Kier molecular flexibility index (Phi) is 10.3. The molecule has 0 amide bonds. The van der Waals surface area contributed by atoms with Gasteiger partial charge in [-0.25, -0.2) is 4.57 Å². The molecule has 0 aromatic heterocycles. The molecule has 1 N–H and O–H groups in total. The first-order chi connectivity index (χ1) is 12.1. The van der Waals surface area contributed by atoms with Crippen LogP contribution in [0.2, 0.25) is 0 Å². The number of nitrogens with zero attached hydrogens (tertiary/aromatic N) is 2. The van der Waals surface area contributed by atoms with Crippen molar-refractivity contribution in [2.75, 3.05) is 33.5 Å². The number of carbonyl (C=O) groups excluding carboxylic acids is 1. The van der Waals surface area contributed by atoms with Crippen LogP contribution in [0.5, 0.6) is 5.75 Å². The number of carbonyl (C=O) groups is 1. The number of hydrogen-bond donors (Lipinski definition) is 1. The van der Waals surface area contributed by atoms with Gasteiger partial charge < -0.3 is 24.2 Å². The summed E-state index contributed by atoms with van der Waals surface area (Å²) in [5, 5.41) is 8.48. The molecule has 1 aromatic rings. The molecule has 1 aromatic carbocycles. The third kappa shape index (κ3) is 8.52. The fraction of sp³-hybridized carbons (Fsp3) is 0.471. The van der Waals surface area contributed by atoms with Crippen molar-refractivity contribution >= 4 is 14.7 Å². The van der Waals surface area contributed by atoms with Gasteiger partial charge in [-0.15, -0.1) is 0 Å². The predicted octanol–water partition coefficient (Wildman–Crippen LogP) is 2.42. The number of hydrogen-bond acceptors (Lipinski definition) is 7. The number of aryl methyl sites for hydroxylation is 1. The second-order valence-corrected chi connectivity index (χ2v) is 5.65. The van der Waals surface area contributed by atoms with E-state index in [1.165, 1.54) is 0 Å². The van der Waals surface area contributed by atoms with Crippen molar-refractivity contribution in [2.45, 2.75) is 19.8 Å². The molecule has 0 saturated heterocycles. The van der Waals surface area contributed by atoms with E-state index in [9.17, 15) is 9.36 Å². The molecular formula is C17H25N2O5P. The Hall–Kier alpha value is -2.11. The minimum Gasteiger partial charge on any atom is -0.463 e. The molecule has 0 saturated carbocycles. The van der Waals surface area contributed by atoms with Gasteiger partial charge >= 0.3 is 14.7 Å². The second kappa shape index (κ2) is 12.3. The van der Waals surface area contributed by atoms with Gasteiger partial charge in [0.05, 0.1) is 13.3 Å². The van der Waals surface area contributed by atoms with Gasteiger partial charge in [-0.1, -0.05) is 18.2 Å². The second-order valence-electron chi connectivity index (χ2n) is 5.32. The Bertz CT molecular complexity index is 568. The van der Waals surface area contributed by atoms with Crippen LogP contribution in [-0.4, -0.2) is 54.4 Å². The molecule has 8 heteroatoms. The first-order valence-electron chi connectivity index (χ1n) is 8.07. The number of ether oxygens (including phenoxy) is 1. The zero-order chi connectivity index (χ0) is 18.5. The van der Waals surface area contributed by atoms with Gasteiger partial charge in [0.25, 0.3) is 0 Å². The van der Waals surface area contributed by atoms with Crippen molar-refractivity contribution in [2.24, 2.45) is 0 Å². The molecule has 25 heavy (non-hydrogen) atoms. The molecule has 1 heterocycles. The Morgan fingerprint density at radius 1 is 1.32 bits per heavy atom. The van der Waals surface area contributed by atoms with Crippen molar-refractivity contribution in [3.8, 4) is 5.75 Å². The van der Waals surface area contributed by atoms with Gasteiger partial charge in [0.15, 0.2) is 0 Å². The number of rotatable bonds is 8. The summed E-state index contributed by atoms with van der Waals surface area (Å²) in [5.41, 5.74) is 0.789. The normalized spacial score (nSPS) is 12.8. The van der Waals surface area contributed by atoms with E-state index in [4.69, 9.17) is 14.4 Å². The number of benzene rings is 1.